The highest BCUT2D eigenvalue weighted by molar-refractivity contribution is 5.74. The summed E-state index contributed by atoms with van der Waals surface area (Å²) in [5.74, 6) is 0.113. The van der Waals surface area contributed by atoms with Gasteiger partial charge in [0.1, 0.15) is 5.52 Å². The van der Waals surface area contributed by atoms with Crippen LogP contribution in [0.5, 0.6) is 0 Å². The van der Waals surface area contributed by atoms with E-state index in [1.54, 1.807) is 0 Å². The maximum absolute atomic E-state index is 9.26. The van der Waals surface area contributed by atoms with E-state index < -0.39 is 0 Å². The van der Waals surface area contributed by atoms with Gasteiger partial charge in [0.05, 0.1) is 13.2 Å². The van der Waals surface area contributed by atoms with Crippen LogP contribution in [0.3, 0.4) is 0 Å². The van der Waals surface area contributed by atoms with E-state index in [1.165, 1.54) is 0 Å². The molecule has 1 aliphatic heterocycles. The molecule has 1 aliphatic rings. The number of benzene rings is 1. The molecule has 96 valence electrons. The molecular weight excluding hydrogens is 232 g/mol. The molecule has 0 amide bonds. The van der Waals surface area contributed by atoms with Gasteiger partial charge >= 0.3 is 0 Å². The molecule has 2 aromatic rings. The minimum Gasteiger partial charge on any atom is -0.423 e. The quantitative estimate of drug-likeness (QED) is 0.867. The minimum absolute atomic E-state index is 0.113. The highest BCUT2D eigenvalue weighted by atomic mass is 16.5. The smallest absolute Gasteiger partial charge is 0.298 e. The normalized spacial score (nSPS) is 21.2. The van der Waals surface area contributed by atoms with Crippen LogP contribution in [0.2, 0.25) is 0 Å². The lowest BCUT2D eigenvalue weighted by atomic mass is 10.2. The molecule has 1 N–H and O–H groups in total. The van der Waals surface area contributed by atoms with Crippen LogP contribution in [0.1, 0.15) is 0 Å². The number of aliphatic hydroxyl groups excluding tert-OH is 1. The van der Waals surface area contributed by atoms with Crippen molar-refractivity contribution in [1.29, 1.82) is 0 Å². The molecular formula is C13H16N2O3. The highest BCUT2D eigenvalue weighted by Crippen LogP contribution is 2.23. The Morgan fingerprint density at radius 1 is 1.39 bits per heavy atom. The summed E-state index contributed by atoms with van der Waals surface area (Å²) in [4.78, 5) is 6.50. The SMILES string of the molecule is OC[C@@H]1COCCN(c2nc3ccccc3o2)C1. The Balaban J connectivity index is 1.87. The van der Waals surface area contributed by atoms with Crippen molar-refractivity contribution in [3.8, 4) is 0 Å². The number of oxazole rings is 1. The average Bonchev–Trinajstić information content (AvgIpc) is 2.69. The fourth-order valence-corrected chi connectivity index (χ4v) is 2.16. The van der Waals surface area contributed by atoms with E-state index in [0.29, 0.717) is 25.8 Å². The summed E-state index contributed by atoms with van der Waals surface area (Å²) in [5, 5.41) is 9.26. The highest BCUT2D eigenvalue weighted by Gasteiger charge is 2.21. The second-order valence-corrected chi connectivity index (χ2v) is 4.53. The lowest BCUT2D eigenvalue weighted by Crippen LogP contribution is -2.31. The van der Waals surface area contributed by atoms with Crippen molar-refractivity contribution in [3.63, 3.8) is 0 Å². The Morgan fingerprint density at radius 2 is 2.28 bits per heavy atom. The molecule has 2 heterocycles. The maximum Gasteiger partial charge on any atom is 0.298 e. The molecule has 1 saturated heterocycles. The number of fused-ring (bicyclic) bond motifs is 1. The van der Waals surface area contributed by atoms with Gasteiger partial charge in [-0.3, -0.25) is 0 Å². The molecule has 0 radical (unpaired) electrons. The molecule has 3 rings (SSSR count). The molecule has 18 heavy (non-hydrogen) atoms. The molecule has 0 aliphatic carbocycles. The van der Waals surface area contributed by atoms with Crippen LogP contribution in [-0.4, -0.2) is 43.0 Å². The van der Waals surface area contributed by atoms with Gasteiger partial charge in [-0.2, -0.15) is 4.98 Å². The third kappa shape index (κ3) is 2.19. The van der Waals surface area contributed by atoms with Crippen LogP contribution in [0.25, 0.3) is 11.1 Å². The number of nitrogens with zero attached hydrogens (tertiary/aromatic N) is 2. The lowest BCUT2D eigenvalue weighted by molar-refractivity contribution is 0.0959. The zero-order valence-corrected chi connectivity index (χ0v) is 10.1. The zero-order valence-electron chi connectivity index (χ0n) is 10.1. The Labute approximate surface area is 105 Å². The van der Waals surface area contributed by atoms with E-state index in [0.717, 1.165) is 17.6 Å². The van der Waals surface area contributed by atoms with Crippen LogP contribution in [-0.2, 0) is 4.74 Å². The molecule has 1 atom stereocenters. The summed E-state index contributed by atoms with van der Waals surface area (Å²) in [6, 6.07) is 8.32. The summed E-state index contributed by atoms with van der Waals surface area (Å²) in [7, 11) is 0. The summed E-state index contributed by atoms with van der Waals surface area (Å²) >= 11 is 0. The van der Waals surface area contributed by atoms with Gasteiger partial charge in [-0.25, -0.2) is 0 Å². The maximum atomic E-state index is 9.26. The predicted octanol–water partition coefficient (Wildman–Crippen LogP) is 1.27. The number of hydrogen-bond donors (Lipinski definition) is 1. The number of aliphatic hydroxyl groups is 1. The Hall–Kier alpha value is -1.59. The third-order valence-electron chi connectivity index (χ3n) is 3.15. The van der Waals surface area contributed by atoms with E-state index in [1.807, 2.05) is 29.2 Å². The molecule has 0 unspecified atom stereocenters. The van der Waals surface area contributed by atoms with Crippen LogP contribution in [0, 0.1) is 5.92 Å². The first kappa shape index (κ1) is 11.5. The number of para-hydroxylation sites is 2. The van der Waals surface area contributed by atoms with Gasteiger partial charge in [-0.05, 0) is 12.1 Å². The van der Waals surface area contributed by atoms with Crippen molar-refractivity contribution >= 4 is 17.1 Å². The van der Waals surface area contributed by atoms with Crippen molar-refractivity contribution in [2.75, 3.05) is 37.8 Å². The second-order valence-electron chi connectivity index (χ2n) is 4.53. The minimum atomic E-state index is 0.113. The monoisotopic (exact) mass is 248 g/mol. The molecule has 1 aromatic heterocycles. The first-order valence-corrected chi connectivity index (χ1v) is 6.16. The van der Waals surface area contributed by atoms with Crippen LogP contribution in [0.4, 0.5) is 6.01 Å². The molecule has 5 heteroatoms. The Bertz CT molecular complexity index is 493. The van der Waals surface area contributed by atoms with Crippen molar-refractivity contribution in [3.05, 3.63) is 24.3 Å². The van der Waals surface area contributed by atoms with E-state index in [4.69, 9.17) is 9.15 Å². The molecule has 1 fully saturated rings. The van der Waals surface area contributed by atoms with Crippen molar-refractivity contribution in [1.82, 2.24) is 4.98 Å². The number of aromatic nitrogens is 1. The summed E-state index contributed by atoms with van der Waals surface area (Å²) in [5.41, 5.74) is 1.65. The van der Waals surface area contributed by atoms with Gasteiger partial charge in [-0.1, -0.05) is 12.1 Å². The molecule has 1 aromatic carbocycles. The summed E-state index contributed by atoms with van der Waals surface area (Å²) in [6.07, 6.45) is 0. The van der Waals surface area contributed by atoms with Crippen LogP contribution >= 0.6 is 0 Å². The van der Waals surface area contributed by atoms with Crippen molar-refractivity contribution in [2.24, 2.45) is 5.92 Å². The summed E-state index contributed by atoms with van der Waals surface area (Å²) in [6.45, 7) is 2.80. The predicted molar refractivity (Wildman–Crippen MR) is 67.6 cm³/mol. The molecule has 5 nitrogen and oxygen atoms in total. The van der Waals surface area contributed by atoms with E-state index in [2.05, 4.69) is 4.98 Å². The standard InChI is InChI=1S/C13H16N2O3/c16-8-10-7-15(5-6-17-9-10)13-14-11-3-1-2-4-12(11)18-13/h1-4,10,16H,5-9H2/t10-/m1/s1. The van der Waals surface area contributed by atoms with E-state index >= 15 is 0 Å². The van der Waals surface area contributed by atoms with Gasteiger partial charge in [0.25, 0.3) is 6.01 Å². The van der Waals surface area contributed by atoms with E-state index in [9.17, 15) is 5.11 Å². The number of rotatable bonds is 2. The largest absolute Gasteiger partial charge is 0.423 e. The van der Waals surface area contributed by atoms with Gasteiger partial charge < -0.3 is 19.2 Å². The van der Waals surface area contributed by atoms with Gasteiger partial charge in [0, 0.05) is 25.6 Å². The van der Waals surface area contributed by atoms with Gasteiger partial charge in [0.2, 0.25) is 0 Å². The zero-order chi connectivity index (χ0) is 12.4. The topological polar surface area (TPSA) is 58.7 Å². The van der Waals surface area contributed by atoms with Crippen molar-refractivity contribution < 1.29 is 14.3 Å². The molecule has 0 spiro atoms. The first-order chi connectivity index (χ1) is 8.86. The number of anilines is 1. The molecule has 0 saturated carbocycles. The second kappa shape index (κ2) is 4.96. The number of hydrogen-bond acceptors (Lipinski definition) is 5. The third-order valence-corrected chi connectivity index (χ3v) is 3.15. The summed E-state index contributed by atoms with van der Waals surface area (Å²) < 4.78 is 11.2. The fraction of sp³-hybridized carbons (Fsp3) is 0.462. The fourth-order valence-electron chi connectivity index (χ4n) is 2.16. The Kier molecular flexibility index (Phi) is 3.17. The van der Waals surface area contributed by atoms with Crippen LogP contribution in [0.15, 0.2) is 28.7 Å². The number of ether oxygens (including phenoxy) is 1. The van der Waals surface area contributed by atoms with Crippen molar-refractivity contribution in [2.45, 2.75) is 0 Å². The van der Waals surface area contributed by atoms with E-state index in [-0.39, 0.29) is 12.5 Å². The lowest BCUT2D eigenvalue weighted by Gasteiger charge is -2.20. The first-order valence-electron chi connectivity index (χ1n) is 6.16. The molecule has 0 bridgehead atoms. The Morgan fingerprint density at radius 3 is 3.11 bits per heavy atom. The van der Waals surface area contributed by atoms with Crippen LogP contribution < -0.4 is 4.90 Å². The average molecular weight is 248 g/mol. The van der Waals surface area contributed by atoms with Gasteiger partial charge in [-0.15, -0.1) is 0 Å². The van der Waals surface area contributed by atoms with Gasteiger partial charge in [0.15, 0.2) is 5.58 Å².